The van der Waals surface area contributed by atoms with E-state index in [-0.39, 0.29) is 5.56 Å². The summed E-state index contributed by atoms with van der Waals surface area (Å²) in [5, 5.41) is 8.26. The Hall–Kier alpha value is -2.15. The van der Waals surface area contributed by atoms with Crippen molar-refractivity contribution in [2.45, 2.75) is 0 Å². The van der Waals surface area contributed by atoms with Crippen LogP contribution in [0.4, 0.5) is 0 Å². The third-order valence-corrected chi connectivity index (χ3v) is 1.57. The normalized spacial score (nSPS) is 9.56. The maximum atomic E-state index is 11.3. The molecule has 0 saturated heterocycles. The molecule has 7 heteroatoms. The number of hydrogen-bond donors (Lipinski definition) is 2. The van der Waals surface area contributed by atoms with Crippen LogP contribution in [0, 0.1) is 0 Å². The molecule has 0 saturated carbocycles. The Balaban J connectivity index is 2.49. The summed E-state index contributed by atoms with van der Waals surface area (Å²) in [7, 11) is 1.46. The number of amides is 1. The van der Waals surface area contributed by atoms with Gasteiger partial charge >= 0.3 is 5.97 Å². The Labute approximate surface area is 91.0 Å². The Morgan fingerprint density at radius 2 is 2.25 bits per heavy atom. The van der Waals surface area contributed by atoms with E-state index in [0.29, 0.717) is 5.88 Å². The third kappa shape index (κ3) is 3.54. The maximum Gasteiger partial charge on any atom is 0.332 e. The number of nitrogens with zero attached hydrogens (tertiary/aromatic N) is 1. The van der Waals surface area contributed by atoms with Gasteiger partial charge in [0.25, 0.3) is 5.91 Å². The van der Waals surface area contributed by atoms with Gasteiger partial charge < -0.3 is 9.84 Å². The lowest BCUT2D eigenvalue weighted by Crippen LogP contribution is -2.26. The molecule has 0 bridgehead atoms. The number of methoxy groups -OCH3 is 1. The maximum absolute atomic E-state index is 11.3. The standard InChI is InChI=1S/C9H10N2O5/c1-15-7-3-2-6(4-10-7)9(14)11-16-5-8(12)13/h2-4H,5H2,1H3,(H,11,14)(H,12,13). The molecule has 16 heavy (non-hydrogen) atoms. The average molecular weight is 226 g/mol. The lowest BCUT2D eigenvalue weighted by molar-refractivity contribution is -0.144. The molecule has 1 heterocycles. The molecule has 0 atom stereocenters. The first-order chi connectivity index (χ1) is 7.63. The zero-order chi connectivity index (χ0) is 12.0. The molecule has 1 aromatic heterocycles. The molecular weight excluding hydrogens is 216 g/mol. The highest BCUT2D eigenvalue weighted by molar-refractivity contribution is 5.93. The van der Waals surface area contributed by atoms with E-state index in [1.54, 1.807) is 0 Å². The van der Waals surface area contributed by atoms with E-state index in [9.17, 15) is 9.59 Å². The highest BCUT2D eigenvalue weighted by atomic mass is 16.7. The summed E-state index contributed by atoms with van der Waals surface area (Å²) in [5.74, 6) is -1.37. The molecule has 0 unspecified atom stereocenters. The van der Waals surface area contributed by atoms with Crippen LogP contribution in [0.2, 0.25) is 0 Å². The van der Waals surface area contributed by atoms with Crippen LogP contribution in [-0.2, 0) is 9.63 Å². The minimum atomic E-state index is -1.17. The van der Waals surface area contributed by atoms with Crippen LogP contribution in [0.1, 0.15) is 10.4 Å². The zero-order valence-electron chi connectivity index (χ0n) is 8.47. The number of carbonyl (C=O) groups is 2. The average Bonchev–Trinajstić information content (AvgIpc) is 2.28. The van der Waals surface area contributed by atoms with Crippen molar-refractivity contribution in [3.05, 3.63) is 23.9 Å². The lowest BCUT2D eigenvalue weighted by Gasteiger charge is -2.03. The number of pyridine rings is 1. The van der Waals surface area contributed by atoms with Crippen LogP contribution in [0.5, 0.6) is 5.88 Å². The second-order valence-corrected chi connectivity index (χ2v) is 2.70. The number of carboxylic acid groups (broad SMARTS) is 1. The number of hydroxylamine groups is 1. The van der Waals surface area contributed by atoms with Crippen LogP contribution >= 0.6 is 0 Å². The molecule has 0 aliphatic carbocycles. The molecular formula is C9H10N2O5. The van der Waals surface area contributed by atoms with Crippen LogP contribution in [-0.4, -0.2) is 35.7 Å². The largest absolute Gasteiger partial charge is 0.481 e. The van der Waals surface area contributed by atoms with E-state index in [1.165, 1.54) is 25.4 Å². The molecule has 0 aromatic carbocycles. The molecule has 0 fully saturated rings. The van der Waals surface area contributed by atoms with Crippen LogP contribution in [0.15, 0.2) is 18.3 Å². The van der Waals surface area contributed by atoms with E-state index < -0.39 is 18.5 Å². The number of hydrogen-bond acceptors (Lipinski definition) is 5. The van der Waals surface area contributed by atoms with E-state index in [0.717, 1.165) is 0 Å². The van der Waals surface area contributed by atoms with E-state index in [4.69, 9.17) is 9.84 Å². The minimum absolute atomic E-state index is 0.242. The van der Waals surface area contributed by atoms with Crippen molar-refractivity contribution in [2.75, 3.05) is 13.7 Å². The number of nitrogens with one attached hydrogen (secondary N) is 1. The van der Waals surface area contributed by atoms with Crippen molar-refractivity contribution >= 4 is 11.9 Å². The first kappa shape index (κ1) is 11.9. The van der Waals surface area contributed by atoms with Crippen molar-refractivity contribution in [1.29, 1.82) is 0 Å². The molecule has 1 aromatic rings. The Morgan fingerprint density at radius 3 is 2.75 bits per heavy atom. The molecule has 0 aliphatic rings. The third-order valence-electron chi connectivity index (χ3n) is 1.57. The molecule has 86 valence electrons. The van der Waals surface area contributed by atoms with Gasteiger partial charge in [-0.3, -0.25) is 9.63 Å². The number of ether oxygens (including phenoxy) is 1. The number of rotatable bonds is 5. The zero-order valence-corrected chi connectivity index (χ0v) is 8.47. The summed E-state index contributed by atoms with van der Waals surface area (Å²) >= 11 is 0. The van der Waals surface area contributed by atoms with Gasteiger partial charge in [0.15, 0.2) is 6.61 Å². The monoisotopic (exact) mass is 226 g/mol. The Morgan fingerprint density at radius 1 is 1.50 bits per heavy atom. The molecule has 2 N–H and O–H groups in total. The first-order valence-corrected chi connectivity index (χ1v) is 4.27. The molecule has 1 rings (SSSR count). The van der Waals surface area contributed by atoms with E-state index in [1.807, 2.05) is 5.48 Å². The Kier molecular flexibility index (Phi) is 4.22. The predicted octanol–water partition coefficient (Wildman–Crippen LogP) is -0.164. The summed E-state index contributed by atoms with van der Waals surface area (Å²) in [6.07, 6.45) is 1.29. The molecule has 0 spiro atoms. The fourth-order valence-electron chi connectivity index (χ4n) is 0.858. The summed E-state index contributed by atoms with van der Waals surface area (Å²) in [5.41, 5.74) is 2.21. The molecule has 0 aliphatic heterocycles. The second-order valence-electron chi connectivity index (χ2n) is 2.70. The topological polar surface area (TPSA) is 97.8 Å². The highest BCUT2D eigenvalue weighted by Gasteiger charge is 2.07. The number of aliphatic carboxylic acids is 1. The van der Waals surface area contributed by atoms with E-state index in [2.05, 4.69) is 9.82 Å². The fraction of sp³-hybridized carbons (Fsp3) is 0.222. The van der Waals surface area contributed by atoms with Crippen molar-refractivity contribution in [3.63, 3.8) is 0 Å². The van der Waals surface area contributed by atoms with Crippen LogP contribution < -0.4 is 10.2 Å². The van der Waals surface area contributed by atoms with Gasteiger partial charge in [0.05, 0.1) is 12.7 Å². The van der Waals surface area contributed by atoms with Gasteiger partial charge in [0, 0.05) is 12.3 Å². The van der Waals surface area contributed by atoms with Crippen LogP contribution in [0.25, 0.3) is 0 Å². The summed E-state index contributed by atoms with van der Waals surface area (Å²) in [6, 6.07) is 2.98. The quantitative estimate of drug-likeness (QED) is 0.677. The molecule has 0 radical (unpaired) electrons. The molecule has 7 nitrogen and oxygen atoms in total. The van der Waals surface area contributed by atoms with Crippen molar-refractivity contribution < 1.29 is 24.3 Å². The minimum Gasteiger partial charge on any atom is -0.481 e. The summed E-state index contributed by atoms with van der Waals surface area (Å²) in [4.78, 5) is 29.6. The SMILES string of the molecule is COc1ccc(C(=O)NOCC(=O)O)cn1. The van der Waals surface area contributed by atoms with Gasteiger partial charge in [-0.15, -0.1) is 0 Å². The smallest absolute Gasteiger partial charge is 0.332 e. The van der Waals surface area contributed by atoms with Crippen molar-refractivity contribution in [2.24, 2.45) is 0 Å². The fourth-order valence-corrected chi connectivity index (χ4v) is 0.858. The summed E-state index contributed by atoms with van der Waals surface area (Å²) in [6.45, 7) is -0.602. The van der Waals surface area contributed by atoms with Gasteiger partial charge in [-0.05, 0) is 6.07 Å². The van der Waals surface area contributed by atoms with Gasteiger partial charge in [-0.25, -0.2) is 15.3 Å². The summed E-state index contributed by atoms with van der Waals surface area (Å²) < 4.78 is 4.81. The molecule has 1 amide bonds. The van der Waals surface area contributed by atoms with Crippen LogP contribution in [0.3, 0.4) is 0 Å². The Bertz CT molecular complexity index is 376. The predicted molar refractivity (Wildman–Crippen MR) is 51.8 cm³/mol. The first-order valence-electron chi connectivity index (χ1n) is 4.27. The van der Waals surface area contributed by atoms with Gasteiger partial charge in [0.2, 0.25) is 5.88 Å². The second kappa shape index (κ2) is 5.66. The van der Waals surface area contributed by atoms with Gasteiger partial charge in [0.1, 0.15) is 0 Å². The number of carboxylic acids is 1. The number of carbonyl (C=O) groups excluding carboxylic acids is 1. The number of aromatic nitrogens is 1. The lowest BCUT2D eigenvalue weighted by atomic mass is 10.3. The van der Waals surface area contributed by atoms with E-state index >= 15 is 0 Å². The highest BCUT2D eigenvalue weighted by Crippen LogP contribution is 2.06. The van der Waals surface area contributed by atoms with Gasteiger partial charge in [-0.1, -0.05) is 0 Å². The van der Waals surface area contributed by atoms with Gasteiger partial charge in [-0.2, -0.15) is 0 Å². The van der Waals surface area contributed by atoms with Crippen molar-refractivity contribution in [3.8, 4) is 5.88 Å². The van der Waals surface area contributed by atoms with Crippen molar-refractivity contribution in [1.82, 2.24) is 10.5 Å².